The summed E-state index contributed by atoms with van der Waals surface area (Å²) in [6.45, 7) is 0.933. The summed E-state index contributed by atoms with van der Waals surface area (Å²) in [5.74, 6) is -1.35. The summed E-state index contributed by atoms with van der Waals surface area (Å²) in [7, 11) is 4.36. The van der Waals surface area contributed by atoms with Crippen LogP contribution in [0.4, 0.5) is 17.5 Å². The summed E-state index contributed by atoms with van der Waals surface area (Å²) in [5.41, 5.74) is 5.26. The van der Waals surface area contributed by atoms with E-state index in [-0.39, 0.29) is 35.6 Å². The van der Waals surface area contributed by atoms with Crippen LogP contribution in [0.2, 0.25) is 0 Å². The van der Waals surface area contributed by atoms with Gasteiger partial charge in [-0.25, -0.2) is 0 Å². The molecule has 2 aliphatic heterocycles. The number of fused-ring (bicyclic) bond motifs is 1. The number of ether oxygens (including phenoxy) is 3. The largest absolute Gasteiger partial charge is 0.493 e. The minimum atomic E-state index is -1.07. The lowest BCUT2D eigenvalue weighted by molar-refractivity contribution is -0.123. The van der Waals surface area contributed by atoms with E-state index in [1.54, 1.807) is 12.1 Å². The molecule has 0 bridgehead atoms. The molecule has 13 nitrogen and oxygen atoms in total. The van der Waals surface area contributed by atoms with Gasteiger partial charge >= 0.3 is 0 Å². The van der Waals surface area contributed by atoms with E-state index < -0.39 is 23.3 Å². The number of carbonyl (C=O) groups is 3. The van der Waals surface area contributed by atoms with Crippen LogP contribution >= 0.6 is 0 Å². The quantitative estimate of drug-likeness (QED) is 0.423. The van der Waals surface area contributed by atoms with Crippen molar-refractivity contribution in [2.45, 2.75) is 25.2 Å². The highest BCUT2D eigenvalue weighted by molar-refractivity contribution is 6.04. The number of nitrogens with two attached hydrogens (primary N) is 1. The first-order valence-corrected chi connectivity index (χ1v) is 11.3. The Labute approximate surface area is 206 Å². The molecule has 5 N–H and O–H groups in total. The van der Waals surface area contributed by atoms with Crippen molar-refractivity contribution in [3.63, 3.8) is 0 Å². The first-order valence-electron chi connectivity index (χ1n) is 11.3. The van der Waals surface area contributed by atoms with Gasteiger partial charge in [0.2, 0.25) is 29.4 Å². The van der Waals surface area contributed by atoms with Gasteiger partial charge in [-0.15, -0.1) is 0 Å². The molecule has 0 saturated carbocycles. The second kappa shape index (κ2) is 10.1. The maximum atomic E-state index is 13.2. The molecule has 3 heterocycles. The predicted octanol–water partition coefficient (Wildman–Crippen LogP) is 0.562. The Bertz CT molecular complexity index is 1230. The Morgan fingerprint density at radius 3 is 2.28 bits per heavy atom. The molecule has 1 fully saturated rings. The number of benzene rings is 1. The molecule has 2 aromatic rings. The van der Waals surface area contributed by atoms with E-state index >= 15 is 0 Å². The van der Waals surface area contributed by atoms with Crippen LogP contribution in [0.1, 0.15) is 30.7 Å². The number of aromatic nitrogens is 2. The van der Waals surface area contributed by atoms with E-state index in [1.165, 1.54) is 21.3 Å². The second-order valence-corrected chi connectivity index (χ2v) is 8.52. The fourth-order valence-corrected chi connectivity index (χ4v) is 4.49. The number of hydrogen-bond acceptors (Lipinski definition) is 9. The molecule has 0 spiro atoms. The van der Waals surface area contributed by atoms with Gasteiger partial charge in [0.1, 0.15) is 5.82 Å². The van der Waals surface area contributed by atoms with Gasteiger partial charge in [-0.3, -0.25) is 24.2 Å². The third kappa shape index (κ3) is 4.76. The normalized spacial score (nSPS) is 17.6. The van der Waals surface area contributed by atoms with E-state index in [0.717, 1.165) is 0 Å². The van der Waals surface area contributed by atoms with Crippen LogP contribution in [0, 0.1) is 5.92 Å². The zero-order valence-corrected chi connectivity index (χ0v) is 20.2. The number of aromatic amines is 1. The molecule has 2 aliphatic rings. The van der Waals surface area contributed by atoms with Gasteiger partial charge in [0, 0.05) is 43.2 Å². The lowest BCUT2D eigenvalue weighted by Crippen LogP contribution is -2.41. The van der Waals surface area contributed by atoms with Crippen LogP contribution in [0.5, 0.6) is 17.2 Å². The van der Waals surface area contributed by atoms with Crippen molar-refractivity contribution in [3.05, 3.63) is 28.0 Å². The summed E-state index contributed by atoms with van der Waals surface area (Å²) in [4.78, 5) is 59.1. The molecule has 1 unspecified atom stereocenters. The Morgan fingerprint density at radius 2 is 1.72 bits per heavy atom. The average molecular weight is 501 g/mol. The fourth-order valence-electron chi connectivity index (χ4n) is 4.49. The third-order valence-electron chi connectivity index (χ3n) is 6.38. The number of hydrogen-bond donors (Lipinski definition) is 4. The number of carbonyl (C=O) groups excluding carboxylic acids is 3. The molecule has 1 aromatic heterocycles. The molecule has 1 saturated heterocycles. The van der Waals surface area contributed by atoms with Crippen molar-refractivity contribution in [2.75, 3.05) is 50.0 Å². The first kappa shape index (κ1) is 24.8. The van der Waals surface area contributed by atoms with Crippen LogP contribution in [-0.2, 0) is 14.4 Å². The van der Waals surface area contributed by atoms with Crippen molar-refractivity contribution >= 4 is 35.2 Å². The van der Waals surface area contributed by atoms with E-state index in [1.807, 2.05) is 4.90 Å². The minimum absolute atomic E-state index is 0.0343. The lowest BCUT2D eigenvalue weighted by Gasteiger charge is -2.32. The molecule has 3 amide bonds. The van der Waals surface area contributed by atoms with E-state index in [2.05, 4.69) is 20.6 Å². The standard InChI is InChI=1S/C23H28N6O7/c1-34-14-8-12(9-15(35-2)18(14)36-3)25-21(32)13-10-16(30)26-20-17(13)22(33)28-23(27-20)29-6-4-11(5-7-29)19(24)31/h8-9,11,13H,4-7,10H2,1-3H3,(H2,24,31)(H,25,32)(H2,26,27,28,30,33). The van der Waals surface area contributed by atoms with Crippen molar-refractivity contribution in [1.29, 1.82) is 0 Å². The van der Waals surface area contributed by atoms with Crippen LogP contribution < -0.4 is 41.0 Å². The summed E-state index contributed by atoms with van der Waals surface area (Å²) in [5, 5.41) is 5.33. The highest BCUT2D eigenvalue weighted by Crippen LogP contribution is 2.40. The Balaban J connectivity index is 1.60. The number of H-pyrrole nitrogens is 1. The van der Waals surface area contributed by atoms with Gasteiger partial charge < -0.3 is 35.5 Å². The van der Waals surface area contributed by atoms with Gasteiger partial charge in [-0.05, 0) is 12.8 Å². The molecule has 4 rings (SSSR count). The van der Waals surface area contributed by atoms with E-state index in [4.69, 9.17) is 19.9 Å². The van der Waals surface area contributed by atoms with Gasteiger partial charge in [0.05, 0.1) is 32.8 Å². The molecule has 1 aromatic carbocycles. The van der Waals surface area contributed by atoms with Crippen molar-refractivity contribution in [2.24, 2.45) is 11.7 Å². The van der Waals surface area contributed by atoms with Gasteiger partial charge in [-0.1, -0.05) is 0 Å². The molecule has 13 heteroatoms. The Morgan fingerprint density at radius 1 is 1.08 bits per heavy atom. The number of nitrogens with one attached hydrogen (secondary N) is 3. The number of primary amides is 1. The molecular formula is C23H28N6O7. The van der Waals surface area contributed by atoms with Crippen LogP contribution in [0.15, 0.2) is 16.9 Å². The third-order valence-corrected chi connectivity index (χ3v) is 6.38. The second-order valence-electron chi connectivity index (χ2n) is 8.52. The number of nitrogens with zero attached hydrogens (tertiary/aromatic N) is 2. The SMILES string of the molecule is COc1cc(NC(=O)C2CC(=O)Nc3nc(N4CCC(C(N)=O)CC4)[nH]c(=O)c32)cc(OC)c1OC. The predicted molar refractivity (Wildman–Crippen MR) is 130 cm³/mol. The lowest BCUT2D eigenvalue weighted by atomic mass is 9.92. The van der Waals surface area contributed by atoms with E-state index in [9.17, 15) is 19.2 Å². The molecule has 36 heavy (non-hydrogen) atoms. The highest BCUT2D eigenvalue weighted by Gasteiger charge is 2.36. The van der Waals surface area contributed by atoms with E-state index in [0.29, 0.717) is 48.9 Å². The smallest absolute Gasteiger partial charge is 0.258 e. The van der Waals surface area contributed by atoms with Crippen LogP contribution in [0.25, 0.3) is 0 Å². The zero-order valence-electron chi connectivity index (χ0n) is 20.2. The number of methoxy groups -OCH3 is 3. The summed E-state index contributed by atoms with van der Waals surface area (Å²) >= 11 is 0. The number of piperidine rings is 1. The highest BCUT2D eigenvalue weighted by atomic mass is 16.5. The molecular weight excluding hydrogens is 472 g/mol. The Hall–Kier alpha value is -4.29. The van der Waals surface area contributed by atoms with Crippen LogP contribution in [-0.4, -0.2) is 62.1 Å². The summed E-state index contributed by atoms with van der Waals surface area (Å²) < 4.78 is 15.9. The average Bonchev–Trinajstić information content (AvgIpc) is 2.87. The molecule has 192 valence electrons. The number of rotatable bonds is 7. The maximum Gasteiger partial charge on any atom is 0.258 e. The van der Waals surface area contributed by atoms with Gasteiger partial charge in [0.25, 0.3) is 5.56 Å². The summed E-state index contributed by atoms with van der Waals surface area (Å²) in [6.07, 6.45) is 0.835. The monoisotopic (exact) mass is 500 g/mol. The fraction of sp³-hybridized carbons (Fsp3) is 0.435. The van der Waals surface area contributed by atoms with Crippen molar-refractivity contribution in [1.82, 2.24) is 9.97 Å². The molecule has 0 radical (unpaired) electrons. The maximum absolute atomic E-state index is 13.2. The van der Waals surface area contributed by atoms with Crippen molar-refractivity contribution < 1.29 is 28.6 Å². The topological polar surface area (TPSA) is 178 Å². The molecule has 1 atom stereocenters. The van der Waals surface area contributed by atoms with Crippen molar-refractivity contribution in [3.8, 4) is 17.2 Å². The first-order chi connectivity index (χ1) is 17.2. The Kier molecular flexibility index (Phi) is 6.99. The van der Waals surface area contributed by atoms with Gasteiger partial charge in [-0.2, -0.15) is 4.98 Å². The molecule has 0 aliphatic carbocycles. The number of anilines is 3. The zero-order chi connectivity index (χ0) is 26.0. The van der Waals surface area contributed by atoms with Gasteiger partial charge in [0.15, 0.2) is 11.5 Å². The minimum Gasteiger partial charge on any atom is -0.493 e. The van der Waals surface area contributed by atoms with Crippen LogP contribution in [0.3, 0.4) is 0 Å². The summed E-state index contributed by atoms with van der Waals surface area (Å²) in [6, 6.07) is 3.09. The number of amides is 3.